The highest BCUT2D eigenvalue weighted by atomic mass is 16.5. The van der Waals surface area contributed by atoms with Gasteiger partial charge in [0.1, 0.15) is 25.4 Å². The van der Waals surface area contributed by atoms with Crippen molar-refractivity contribution in [1.29, 1.82) is 0 Å². The molecule has 0 N–H and O–H groups in total. The minimum absolute atomic E-state index is 0.100. The minimum Gasteiger partial charge on any atom is -0.491 e. The zero-order valence-electron chi connectivity index (χ0n) is 11.0. The van der Waals surface area contributed by atoms with Crippen LogP contribution < -0.4 is 4.74 Å². The van der Waals surface area contributed by atoms with Gasteiger partial charge in [-0.3, -0.25) is 9.59 Å². The second kappa shape index (κ2) is 9.10. The summed E-state index contributed by atoms with van der Waals surface area (Å²) in [5.41, 5.74) is 0. The molecule has 0 aliphatic carbocycles. The maximum absolute atomic E-state index is 11.3. The molecule has 0 fully saturated rings. The standard InChI is InChI=1S/C14H18O5/c1-2-18-14(16)10-12(15)11-17-8-9-19-13-6-4-3-5-7-13/h3-7H,2,8-11H2,1H3. The predicted molar refractivity (Wildman–Crippen MR) is 69.0 cm³/mol. The van der Waals surface area contributed by atoms with E-state index in [1.54, 1.807) is 6.92 Å². The number of carbonyl (C=O) groups excluding carboxylic acids is 2. The van der Waals surface area contributed by atoms with E-state index in [2.05, 4.69) is 4.74 Å². The van der Waals surface area contributed by atoms with Crippen LogP contribution in [0.1, 0.15) is 13.3 Å². The van der Waals surface area contributed by atoms with Gasteiger partial charge >= 0.3 is 5.97 Å². The predicted octanol–water partition coefficient (Wildman–Crippen LogP) is 1.60. The molecule has 0 aliphatic rings. The molecule has 0 radical (unpaired) electrons. The van der Waals surface area contributed by atoms with Crippen molar-refractivity contribution in [3.05, 3.63) is 30.3 Å². The van der Waals surface area contributed by atoms with E-state index in [0.717, 1.165) is 5.75 Å². The summed E-state index contributed by atoms with van der Waals surface area (Å²) in [4.78, 5) is 22.3. The maximum Gasteiger partial charge on any atom is 0.313 e. The van der Waals surface area contributed by atoms with Crippen LogP contribution in [0.5, 0.6) is 5.75 Å². The normalized spacial score (nSPS) is 9.95. The number of rotatable bonds is 9. The van der Waals surface area contributed by atoms with Crippen molar-refractivity contribution in [2.24, 2.45) is 0 Å². The summed E-state index contributed by atoms with van der Waals surface area (Å²) in [6.07, 6.45) is -0.243. The highest BCUT2D eigenvalue weighted by molar-refractivity contribution is 5.96. The van der Waals surface area contributed by atoms with Gasteiger partial charge < -0.3 is 14.2 Å². The van der Waals surface area contributed by atoms with Gasteiger partial charge in [-0.25, -0.2) is 0 Å². The fourth-order valence-corrected chi connectivity index (χ4v) is 1.35. The van der Waals surface area contributed by atoms with Crippen LogP contribution in [0.15, 0.2) is 30.3 Å². The Kier molecular flexibility index (Phi) is 7.27. The first-order valence-corrected chi connectivity index (χ1v) is 6.15. The SMILES string of the molecule is CCOC(=O)CC(=O)COCCOc1ccccc1. The quantitative estimate of drug-likeness (QED) is 0.386. The molecule has 0 bridgehead atoms. The number of ether oxygens (including phenoxy) is 3. The molecule has 0 saturated carbocycles. The Morgan fingerprint density at radius 2 is 1.84 bits per heavy atom. The van der Waals surface area contributed by atoms with Gasteiger partial charge in [-0.15, -0.1) is 0 Å². The topological polar surface area (TPSA) is 61.8 Å². The summed E-state index contributed by atoms with van der Waals surface area (Å²) in [6.45, 7) is 2.52. The van der Waals surface area contributed by atoms with Crippen molar-refractivity contribution >= 4 is 11.8 Å². The smallest absolute Gasteiger partial charge is 0.313 e. The third kappa shape index (κ3) is 7.21. The van der Waals surface area contributed by atoms with Crippen molar-refractivity contribution < 1.29 is 23.8 Å². The zero-order valence-corrected chi connectivity index (χ0v) is 11.0. The number of carbonyl (C=O) groups is 2. The van der Waals surface area contributed by atoms with Gasteiger partial charge in [0.05, 0.1) is 13.2 Å². The van der Waals surface area contributed by atoms with Gasteiger partial charge in [0.25, 0.3) is 0 Å². The monoisotopic (exact) mass is 266 g/mol. The van der Waals surface area contributed by atoms with Gasteiger partial charge in [0.15, 0.2) is 5.78 Å². The van der Waals surface area contributed by atoms with E-state index in [1.807, 2.05) is 30.3 Å². The van der Waals surface area contributed by atoms with Crippen molar-refractivity contribution in [2.75, 3.05) is 26.4 Å². The van der Waals surface area contributed by atoms with Crippen molar-refractivity contribution in [3.63, 3.8) is 0 Å². The fourth-order valence-electron chi connectivity index (χ4n) is 1.35. The lowest BCUT2D eigenvalue weighted by Crippen LogP contribution is -2.17. The van der Waals surface area contributed by atoms with Gasteiger partial charge in [-0.2, -0.15) is 0 Å². The van der Waals surface area contributed by atoms with E-state index in [0.29, 0.717) is 13.2 Å². The first-order valence-electron chi connectivity index (χ1n) is 6.15. The van der Waals surface area contributed by atoms with E-state index >= 15 is 0 Å². The Labute approximate surface area is 112 Å². The third-order valence-corrected chi connectivity index (χ3v) is 2.15. The Morgan fingerprint density at radius 3 is 2.53 bits per heavy atom. The molecule has 1 aromatic rings. The number of esters is 1. The number of benzene rings is 1. The zero-order chi connectivity index (χ0) is 13.9. The van der Waals surface area contributed by atoms with Crippen molar-refractivity contribution in [2.45, 2.75) is 13.3 Å². The average Bonchev–Trinajstić information content (AvgIpc) is 2.39. The Bertz CT molecular complexity index is 388. The summed E-state index contributed by atoms with van der Waals surface area (Å²) in [5, 5.41) is 0. The average molecular weight is 266 g/mol. The molecular weight excluding hydrogens is 248 g/mol. The summed E-state index contributed by atoms with van der Waals surface area (Å²) in [7, 11) is 0. The van der Waals surface area contributed by atoms with Gasteiger partial charge in [-0.1, -0.05) is 18.2 Å². The summed E-state index contributed by atoms with van der Waals surface area (Å²) >= 11 is 0. The van der Waals surface area contributed by atoms with Crippen LogP contribution in [-0.2, 0) is 19.1 Å². The molecule has 0 heterocycles. The molecule has 5 heteroatoms. The Hall–Kier alpha value is -1.88. The second-order valence-corrected chi connectivity index (χ2v) is 3.73. The number of ketones is 1. The van der Waals surface area contributed by atoms with Crippen LogP contribution >= 0.6 is 0 Å². The summed E-state index contributed by atoms with van der Waals surface area (Å²) < 4.78 is 15.2. The molecule has 0 saturated heterocycles. The van der Waals surface area contributed by atoms with Crippen LogP contribution in [0.2, 0.25) is 0 Å². The number of Topliss-reactive ketones (excluding diaryl/α,β-unsaturated/α-hetero) is 1. The Balaban J connectivity index is 2.04. The van der Waals surface area contributed by atoms with Crippen LogP contribution in [0.25, 0.3) is 0 Å². The van der Waals surface area contributed by atoms with E-state index in [1.165, 1.54) is 0 Å². The van der Waals surface area contributed by atoms with Gasteiger partial charge in [-0.05, 0) is 19.1 Å². The molecule has 0 aliphatic heterocycles. The van der Waals surface area contributed by atoms with E-state index in [-0.39, 0.29) is 25.4 Å². The largest absolute Gasteiger partial charge is 0.491 e. The maximum atomic E-state index is 11.3. The lowest BCUT2D eigenvalue weighted by Gasteiger charge is -2.06. The lowest BCUT2D eigenvalue weighted by atomic mass is 10.3. The highest BCUT2D eigenvalue weighted by Gasteiger charge is 2.09. The third-order valence-electron chi connectivity index (χ3n) is 2.15. The van der Waals surface area contributed by atoms with E-state index < -0.39 is 5.97 Å². The summed E-state index contributed by atoms with van der Waals surface area (Å²) in [6, 6.07) is 9.33. The van der Waals surface area contributed by atoms with Gasteiger partial charge in [0, 0.05) is 0 Å². The van der Waals surface area contributed by atoms with Crippen molar-refractivity contribution in [3.8, 4) is 5.75 Å². The number of para-hydroxylation sites is 1. The molecule has 0 amide bonds. The molecule has 104 valence electrons. The minimum atomic E-state index is -0.517. The molecule has 0 unspecified atom stereocenters. The molecule has 0 aromatic heterocycles. The second-order valence-electron chi connectivity index (χ2n) is 3.73. The lowest BCUT2D eigenvalue weighted by molar-refractivity contribution is -0.146. The van der Waals surface area contributed by atoms with Gasteiger partial charge in [0.2, 0.25) is 0 Å². The molecule has 1 aromatic carbocycles. The van der Waals surface area contributed by atoms with Crippen molar-refractivity contribution in [1.82, 2.24) is 0 Å². The van der Waals surface area contributed by atoms with Crippen LogP contribution in [-0.4, -0.2) is 38.2 Å². The first kappa shape index (κ1) is 15.2. The Morgan fingerprint density at radius 1 is 1.11 bits per heavy atom. The molecule has 5 nitrogen and oxygen atoms in total. The highest BCUT2D eigenvalue weighted by Crippen LogP contribution is 2.07. The van der Waals surface area contributed by atoms with Crippen LogP contribution in [0, 0.1) is 0 Å². The number of hydrogen-bond donors (Lipinski definition) is 0. The van der Waals surface area contributed by atoms with Crippen LogP contribution in [0.3, 0.4) is 0 Å². The summed E-state index contributed by atoms with van der Waals surface area (Å²) in [5.74, 6) is -0.0567. The van der Waals surface area contributed by atoms with E-state index in [4.69, 9.17) is 9.47 Å². The van der Waals surface area contributed by atoms with E-state index in [9.17, 15) is 9.59 Å². The first-order chi connectivity index (χ1) is 9.22. The molecule has 1 rings (SSSR count). The molecular formula is C14H18O5. The number of hydrogen-bond acceptors (Lipinski definition) is 5. The molecule has 19 heavy (non-hydrogen) atoms. The fraction of sp³-hybridized carbons (Fsp3) is 0.429. The molecule has 0 atom stereocenters. The van der Waals surface area contributed by atoms with Crippen LogP contribution in [0.4, 0.5) is 0 Å². The molecule has 0 spiro atoms.